The molecule has 2 N–H and O–H groups in total. The van der Waals surface area contributed by atoms with Gasteiger partial charge in [-0.3, -0.25) is 4.79 Å². The lowest BCUT2D eigenvalue weighted by molar-refractivity contribution is -0.121. The fraction of sp³-hybridized carbons (Fsp3) is 0.316. The average Bonchev–Trinajstić information content (AvgIpc) is 3.42. The number of carbonyl (C=O) groups excluding carboxylic acids is 1. The normalized spacial score (nSPS) is 14.2. The van der Waals surface area contributed by atoms with Crippen molar-refractivity contribution < 1.29 is 13.2 Å². The molecule has 0 heterocycles. The van der Waals surface area contributed by atoms with Crippen molar-refractivity contribution in [3.63, 3.8) is 0 Å². The second kappa shape index (κ2) is 8.20. The van der Waals surface area contributed by atoms with E-state index in [0.29, 0.717) is 24.4 Å². The molecule has 0 aliphatic heterocycles. The van der Waals surface area contributed by atoms with Crippen molar-refractivity contribution >= 4 is 27.5 Å². The molecule has 7 heteroatoms. The average molecular weight is 393 g/mol. The molecule has 5 nitrogen and oxygen atoms in total. The summed E-state index contributed by atoms with van der Waals surface area (Å²) in [6, 6.07) is 14.1. The maximum Gasteiger partial charge on any atom is 0.240 e. The zero-order chi connectivity index (χ0) is 18.6. The summed E-state index contributed by atoms with van der Waals surface area (Å²) >= 11 is 5.93. The molecule has 2 aromatic carbocycles. The minimum absolute atomic E-state index is 0.0583. The Bertz CT molecular complexity index is 878. The number of halogens is 1. The lowest BCUT2D eigenvalue weighted by Crippen LogP contribution is -2.26. The van der Waals surface area contributed by atoms with Gasteiger partial charge in [-0.1, -0.05) is 35.9 Å². The zero-order valence-corrected chi connectivity index (χ0v) is 15.8. The summed E-state index contributed by atoms with van der Waals surface area (Å²) in [6.07, 6.45) is 2.80. The van der Waals surface area contributed by atoms with Gasteiger partial charge in [-0.2, -0.15) is 0 Å². The van der Waals surface area contributed by atoms with Crippen LogP contribution in [0.2, 0.25) is 5.02 Å². The van der Waals surface area contributed by atoms with E-state index in [1.54, 1.807) is 30.3 Å². The van der Waals surface area contributed by atoms with Gasteiger partial charge in [0.15, 0.2) is 0 Å². The van der Waals surface area contributed by atoms with Gasteiger partial charge in [0, 0.05) is 24.0 Å². The van der Waals surface area contributed by atoms with Gasteiger partial charge in [0.2, 0.25) is 15.9 Å². The molecule has 1 saturated carbocycles. The molecule has 26 heavy (non-hydrogen) atoms. The fourth-order valence-electron chi connectivity index (χ4n) is 2.51. The zero-order valence-electron chi connectivity index (χ0n) is 14.2. The van der Waals surface area contributed by atoms with Crippen molar-refractivity contribution in [1.29, 1.82) is 0 Å². The standard InChI is InChI=1S/C19H21ClN2O3S/c20-16-3-1-2-14(12-16)6-11-19(23)21-13-15-4-9-18(10-5-15)26(24,25)22-17-7-8-17/h1-5,9-10,12,17,22H,6-8,11,13H2,(H,21,23). The lowest BCUT2D eigenvalue weighted by Gasteiger charge is -2.08. The Kier molecular flexibility index (Phi) is 5.96. The van der Waals surface area contributed by atoms with Crippen molar-refractivity contribution in [2.75, 3.05) is 0 Å². The first-order valence-electron chi connectivity index (χ1n) is 8.55. The number of aryl methyl sites for hydroxylation is 1. The summed E-state index contributed by atoms with van der Waals surface area (Å²) in [5.41, 5.74) is 1.87. The molecule has 1 amide bonds. The van der Waals surface area contributed by atoms with Crippen LogP contribution in [0.3, 0.4) is 0 Å². The van der Waals surface area contributed by atoms with Crippen molar-refractivity contribution in [3.05, 3.63) is 64.7 Å². The Labute approximate surface area is 158 Å². The van der Waals surface area contributed by atoms with Gasteiger partial charge in [-0.25, -0.2) is 13.1 Å². The number of benzene rings is 2. The Morgan fingerprint density at radius 2 is 1.81 bits per heavy atom. The summed E-state index contributed by atoms with van der Waals surface area (Å²) < 4.78 is 26.9. The maximum absolute atomic E-state index is 12.1. The fourth-order valence-corrected chi connectivity index (χ4v) is 4.03. The topological polar surface area (TPSA) is 75.3 Å². The monoisotopic (exact) mass is 392 g/mol. The summed E-state index contributed by atoms with van der Waals surface area (Å²) in [4.78, 5) is 12.2. The molecule has 1 aliphatic carbocycles. The third-order valence-electron chi connectivity index (χ3n) is 4.15. The minimum Gasteiger partial charge on any atom is -0.352 e. The predicted molar refractivity (Wildman–Crippen MR) is 101 cm³/mol. The van der Waals surface area contributed by atoms with Crippen LogP contribution in [-0.2, 0) is 27.8 Å². The van der Waals surface area contributed by atoms with E-state index in [1.807, 2.05) is 18.2 Å². The molecule has 1 aliphatic rings. The number of sulfonamides is 1. The first kappa shape index (κ1) is 18.9. The quantitative estimate of drug-likeness (QED) is 0.725. The van der Waals surface area contributed by atoms with Crippen LogP contribution in [0.15, 0.2) is 53.4 Å². The first-order chi connectivity index (χ1) is 12.4. The number of carbonyl (C=O) groups is 1. The number of rotatable bonds is 8. The molecule has 0 saturated heterocycles. The second-order valence-corrected chi connectivity index (χ2v) is 8.60. The number of amides is 1. The van der Waals surface area contributed by atoms with Crippen LogP contribution in [0, 0.1) is 0 Å². The Morgan fingerprint density at radius 1 is 1.08 bits per heavy atom. The molecule has 0 radical (unpaired) electrons. The van der Waals surface area contributed by atoms with Crippen molar-refractivity contribution in [3.8, 4) is 0 Å². The SMILES string of the molecule is O=C(CCc1cccc(Cl)c1)NCc1ccc(S(=O)(=O)NC2CC2)cc1. The molecule has 2 aromatic rings. The molecule has 1 fully saturated rings. The Morgan fingerprint density at radius 3 is 2.46 bits per heavy atom. The summed E-state index contributed by atoms with van der Waals surface area (Å²) in [5.74, 6) is -0.0583. The lowest BCUT2D eigenvalue weighted by atomic mass is 10.1. The van der Waals surface area contributed by atoms with E-state index in [0.717, 1.165) is 24.0 Å². The van der Waals surface area contributed by atoms with Gasteiger partial charge in [0.25, 0.3) is 0 Å². The molecule has 138 valence electrons. The second-order valence-electron chi connectivity index (χ2n) is 6.45. The molecular weight excluding hydrogens is 372 g/mol. The number of nitrogens with one attached hydrogen (secondary N) is 2. The van der Waals surface area contributed by atoms with Crippen LogP contribution in [0.5, 0.6) is 0 Å². The van der Waals surface area contributed by atoms with E-state index in [1.165, 1.54) is 0 Å². The van der Waals surface area contributed by atoms with Gasteiger partial charge in [0.1, 0.15) is 0 Å². The van der Waals surface area contributed by atoms with Gasteiger partial charge in [-0.15, -0.1) is 0 Å². The predicted octanol–water partition coefficient (Wildman–Crippen LogP) is 3.03. The van der Waals surface area contributed by atoms with E-state index in [4.69, 9.17) is 11.6 Å². The van der Waals surface area contributed by atoms with Crippen LogP contribution < -0.4 is 10.0 Å². The van der Waals surface area contributed by atoms with Crippen LogP contribution in [0.4, 0.5) is 0 Å². The molecule has 0 spiro atoms. The van der Waals surface area contributed by atoms with E-state index >= 15 is 0 Å². The van der Waals surface area contributed by atoms with Crippen LogP contribution in [0.1, 0.15) is 30.4 Å². The molecule has 0 atom stereocenters. The minimum atomic E-state index is -3.44. The Hall–Kier alpha value is -1.89. The molecule has 0 unspecified atom stereocenters. The molecule has 3 rings (SSSR count). The molecule has 0 bridgehead atoms. The summed E-state index contributed by atoms with van der Waals surface area (Å²) in [5, 5.41) is 3.51. The summed E-state index contributed by atoms with van der Waals surface area (Å²) in [6.45, 7) is 0.366. The van der Waals surface area contributed by atoms with Crippen molar-refractivity contribution in [2.24, 2.45) is 0 Å². The van der Waals surface area contributed by atoms with Gasteiger partial charge < -0.3 is 5.32 Å². The van der Waals surface area contributed by atoms with E-state index in [-0.39, 0.29) is 16.8 Å². The van der Waals surface area contributed by atoms with Crippen molar-refractivity contribution in [2.45, 2.75) is 43.2 Å². The number of hydrogen-bond acceptors (Lipinski definition) is 3. The van der Waals surface area contributed by atoms with Crippen molar-refractivity contribution in [1.82, 2.24) is 10.0 Å². The maximum atomic E-state index is 12.1. The highest BCUT2D eigenvalue weighted by Crippen LogP contribution is 2.22. The van der Waals surface area contributed by atoms with E-state index < -0.39 is 10.0 Å². The molecular formula is C19H21ClN2O3S. The van der Waals surface area contributed by atoms with Crippen LogP contribution in [0.25, 0.3) is 0 Å². The largest absolute Gasteiger partial charge is 0.352 e. The third-order valence-corrected chi connectivity index (χ3v) is 5.92. The third kappa shape index (κ3) is 5.56. The van der Waals surface area contributed by atoms with Gasteiger partial charge in [-0.05, 0) is 54.7 Å². The Balaban J connectivity index is 1.47. The van der Waals surface area contributed by atoms with Crippen LogP contribution >= 0.6 is 11.6 Å². The van der Waals surface area contributed by atoms with E-state index in [2.05, 4.69) is 10.0 Å². The highest BCUT2D eigenvalue weighted by Gasteiger charge is 2.27. The first-order valence-corrected chi connectivity index (χ1v) is 10.4. The van der Waals surface area contributed by atoms with Gasteiger partial charge >= 0.3 is 0 Å². The number of hydrogen-bond donors (Lipinski definition) is 2. The highest BCUT2D eigenvalue weighted by molar-refractivity contribution is 7.89. The highest BCUT2D eigenvalue weighted by atomic mass is 35.5. The van der Waals surface area contributed by atoms with Gasteiger partial charge in [0.05, 0.1) is 4.90 Å². The van der Waals surface area contributed by atoms with Crippen LogP contribution in [-0.4, -0.2) is 20.4 Å². The summed E-state index contributed by atoms with van der Waals surface area (Å²) in [7, 11) is -3.44. The molecule has 0 aromatic heterocycles. The van der Waals surface area contributed by atoms with E-state index in [9.17, 15) is 13.2 Å². The smallest absolute Gasteiger partial charge is 0.240 e.